The van der Waals surface area contributed by atoms with Crippen LogP contribution in [0.5, 0.6) is 0 Å². The van der Waals surface area contributed by atoms with E-state index in [1.165, 1.54) is 6.07 Å². The molecular weight excluding hydrogens is 289 g/mol. The molecule has 2 heterocycles. The molecule has 17 heavy (non-hydrogen) atoms. The third kappa shape index (κ3) is 1.74. The van der Waals surface area contributed by atoms with Gasteiger partial charge in [-0.05, 0) is 28.9 Å². The van der Waals surface area contributed by atoms with Gasteiger partial charge in [0.15, 0.2) is 5.82 Å². The first-order valence-corrected chi connectivity index (χ1v) is 5.71. The summed E-state index contributed by atoms with van der Waals surface area (Å²) in [6.07, 6.45) is 0. The summed E-state index contributed by atoms with van der Waals surface area (Å²) < 4.78 is 18.8. The number of H-pyrrole nitrogens is 1. The highest BCUT2D eigenvalue weighted by Crippen LogP contribution is 2.25. The zero-order chi connectivity index (χ0) is 12.0. The Morgan fingerprint density at radius 3 is 2.88 bits per heavy atom. The Morgan fingerprint density at radius 2 is 2.18 bits per heavy atom. The van der Waals surface area contributed by atoms with Gasteiger partial charge in [-0.15, -0.1) is 0 Å². The van der Waals surface area contributed by atoms with Gasteiger partial charge >= 0.3 is 0 Å². The lowest BCUT2D eigenvalue weighted by molar-refractivity contribution is 0.425. The largest absolute Gasteiger partial charge is 0.353 e. The summed E-state index contributed by atoms with van der Waals surface area (Å²) in [6.45, 7) is 1.83. The monoisotopic (exact) mass is 295 g/mol. The first kappa shape index (κ1) is 10.5. The van der Waals surface area contributed by atoms with Gasteiger partial charge in [-0.25, -0.2) is 9.37 Å². The van der Waals surface area contributed by atoms with Gasteiger partial charge in [0.1, 0.15) is 5.82 Å². The number of imidazole rings is 1. The van der Waals surface area contributed by atoms with Crippen LogP contribution in [0.1, 0.15) is 5.69 Å². The zero-order valence-corrected chi connectivity index (χ0v) is 10.4. The second kappa shape index (κ2) is 3.66. The Labute approximate surface area is 104 Å². The van der Waals surface area contributed by atoms with Crippen molar-refractivity contribution in [2.45, 2.75) is 6.92 Å². The summed E-state index contributed by atoms with van der Waals surface area (Å²) in [5.41, 5.74) is 2.06. The molecule has 6 heteroatoms. The van der Waals surface area contributed by atoms with Gasteiger partial charge in [-0.2, -0.15) is 0 Å². The van der Waals surface area contributed by atoms with E-state index in [9.17, 15) is 4.39 Å². The third-order valence-corrected chi connectivity index (χ3v) is 2.99. The molecule has 0 aliphatic heterocycles. The molecule has 0 saturated heterocycles. The summed E-state index contributed by atoms with van der Waals surface area (Å²) in [6, 6.07) is 4.77. The van der Waals surface area contributed by atoms with Gasteiger partial charge in [-0.3, -0.25) is 0 Å². The van der Waals surface area contributed by atoms with Crippen LogP contribution in [0, 0.1) is 12.7 Å². The van der Waals surface area contributed by atoms with Crippen molar-refractivity contribution in [3.63, 3.8) is 0 Å². The minimum Gasteiger partial charge on any atom is -0.353 e. The second-order valence-corrected chi connectivity index (χ2v) is 4.56. The first-order chi connectivity index (χ1) is 8.13. The van der Waals surface area contributed by atoms with Crippen molar-refractivity contribution >= 4 is 27.0 Å². The van der Waals surface area contributed by atoms with Gasteiger partial charge in [0.05, 0.1) is 21.2 Å². The number of hydrogen-bond donors (Lipinski definition) is 1. The van der Waals surface area contributed by atoms with Crippen LogP contribution in [0.4, 0.5) is 4.39 Å². The zero-order valence-electron chi connectivity index (χ0n) is 8.79. The number of benzene rings is 1. The number of rotatable bonds is 1. The number of hydrogen-bond acceptors (Lipinski definition) is 3. The second-order valence-electron chi connectivity index (χ2n) is 3.70. The van der Waals surface area contributed by atoms with E-state index in [1.807, 2.05) is 6.92 Å². The molecule has 0 amide bonds. The smallest absolute Gasteiger partial charge is 0.202 e. The van der Waals surface area contributed by atoms with Crippen LogP contribution >= 0.6 is 15.9 Å². The van der Waals surface area contributed by atoms with Crippen LogP contribution in [0.3, 0.4) is 0 Å². The predicted octanol–water partition coefficient (Wildman–Crippen LogP) is 3.43. The number of aromatic nitrogens is 3. The fourth-order valence-electron chi connectivity index (χ4n) is 1.60. The fourth-order valence-corrected chi connectivity index (χ4v) is 1.93. The Kier molecular flexibility index (Phi) is 2.25. The molecule has 86 valence electrons. The molecule has 0 spiro atoms. The van der Waals surface area contributed by atoms with E-state index in [0.29, 0.717) is 27.1 Å². The van der Waals surface area contributed by atoms with E-state index in [0.717, 1.165) is 5.69 Å². The summed E-state index contributed by atoms with van der Waals surface area (Å²) in [5, 5.41) is 3.78. The molecule has 0 bridgehead atoms. The first-order valence-electron chi connectivity index (χ1n) is 4.92. The van der Waals surface area contributed by atoms with Crippen molar-refractivity contribution in [3.8, 4) is 11.6 Å². The molecule has 0 saturated carbocycles. The van der Waals surface area contributed by atoms with Crippen molar-refractivity contribution in [2.24, 2.45) is 0 Å². The van der Waals surface area contributed by atoms with Crippen molar-refractivity contribution in [1.29, 1.82) is 0 Å². The van der Waals surface area contributed by atoms with Crippen LogP contribution in [-0.4, -0.2) is 15.1 Å². The maximum atomic E-state index is 13.3. The SMILES string of the molecule is Cc1cc(-c2nc3cc(Br)c(F)cc3[nH]2)on1. The van der Waals surface area contributed by atoms with Crippen LogP contribution in [0.25, 0.3) is 22.6 Å². The number of nitrogens with zero attached hydrogens (tertiary/aromatic N) is 2. The normalized spacial score (nSPS) is 11.2. The lowest BCUT2D eigenvalue weighted by atomic mass is 10.3. The van der Waals surface area contributed by atoms with Gasteiger partial charge in [-0.1, -0.05) is 5.16 Å². The number of aryl methyl sites for hydroxylation is 1. The van der Waals surface area contributed by atoms with Crippen LogP contribution in [0.15, 0.2) is 27.2 Å². The summed E-state index contributed by atoms with van der Waals surface area (Å²) in [5.74, 6) is 0.745. The highest BCUT2D eigenvalue weighted by molar-refractivity contribution is 9.10. The standard InChI is InChI=1S/C11H7BrFN3O/c1-5-2-10(17-16-5)11-14-8-3-6(12)7(13)4-9(8)15-11/h2-4H,1H3,(H,14,15). The molecule has 4 nitrogen and oxygen atoms in total. The average molecular weight is 296 g/mol. The highest BCUT2D eigenvalue weighted by atomic mass is 79.9. The molecule has 3 aromatic rings. The maximum absolute atomic E-state index is 13.3. The van der Waals surface area contributed by atoms with Crippen molar-refractivity contribution in [2.75, 3.05) is 0 Å². The van der Waals surface area contributed by atoms with E-state index in [-0.39, 0.29) is 5.82 Å². The fraction of sp³-hybridized carbons (Fsp3) is 0.0909. The molecule has 1 aromatic carbocycles. The maximum Gasteiger partial charge on any atom is 0.202 e. The van der Waals surface area contributed by atoms with Crippen LogP contribution < -0.4 is 0 Å². The molecule has 0 atom stereocenters. The van der Waals surface area contributed by atoms with Gasteiger partial charge in [0.25, 0.3) is 0 Å². The van der Waals surface area contributed by atoms with E-state index in [4.69, 9.17) is 4.52 Å². The van der Waals surface area contributed by atoms with Gasteiger partial charge in [0.2, 0.25) is 5.76 Å². The summed E-state index contributed by atoms with van der Waals surface area (Å²) in [4.78, 5) is 7.30. The van der Waals surface area contributed by atoms with E-state index < -0.39 is 0 Å². The lowest BCUT2D eigenvalue weighted by Crippen LogP contribution is -1.77. The molecule has 0 fully saturated rings. The number of aromatic amines is 1. The lowest BCUT2D eigenvalue weighted by Gasteiger charge is -1.92. The van der Waals surface area contributed by atoms with E-state index >= 15 is 0 Å². The Morgan fingerprint density at radius 1 is 1.35 bits per heavy atom. The molecule has 1 N–H and O–H groups in total. The highest BCUT2D eigenvalue weighted by Gasteiger charge is 2.11. The molecule has 0 unspecified atom stereocenters. The Balaban J connectivity index is 2.19. The summed E-state index contributed by atoms with van der Waals surface area (Å²) in [7, 11) is 0. The number of fused-ring (bicyclic) bond motifs is 1. The van der Waals surface area contributed by atoms with Crippen LogP contribution in [-0.2, 0) is 0 Å². The van der Waals surface area contributed by atoms with Crippen LogP contribution in [0.2, 0.25) is 0 Å². The summed E-state index contributed by atoms with van der Waals surface area (Å²) >= 11 is 3.12. The van der Waals surface area contributed by atoms with Gasteiger partial charge in [0, 0.05) is 12.1 Å². The molecule has 3 rings (SSSR count). The number of halogens is 2. The van der Waals surface area contributed by atoms with E-state index in [1.54, 1.807) is 12.1 Å². The Hall–Kier alpha value is -1.69. The molecule has 0 aliphatic carbocycles. The van der Waals surface area contributed by atoms with Crippen molar-refractivity contribution < 1.29 is 8.91 Å². The van der Waals surface area contributed by atoms with Crippen molar-refractivity contribution in [1.82, 2.24) is 15.1 Å². The van der Waals surface area contributed by atoms with Gasteiger partial charge < -0.3 is 9.51 Å². The topological polar surface area (TPSA) is 54.7 Å². The molecular formula is C11H7BrFN3O. The minimum absolute atomic E-state index is 0.332. The Bertz CT molecular complexity index is 665. The third-order valence-electron chi connectivity index (χ3n) is 2.39. The number of nitrogens with one attached hydrogen (secondary N) is 1. The predicted molar refractivity (Wildman–Crippen MR) is 64.0 cm³/mol. The average Bonchev–Trinajstić information content (AvgIpc) is 2.85. The molecule has 2 aromatic heterocycles. The molecule has 0 aliphatic rings. The van der Waals surface area contributed by atoms with Crippen molar-refractivity contribution in [3.05, 3.63) is 34.2 Å². The van der Waals surface area contributed by atoms with E-state index in [2.05, 4.69) is 31.1 Å². The molecule has 0 radical (unpaired) electrons. The quantitative estimate of drug-likeness (QED) is 0.748. The minimum atomic E-state index is -0.332.